The second-order valence-electron chi connectivity index (χ2n) is 8.44. The first-order valence-electron chi connectivity index (χ1n) is 10.4. The smallest absolute Gasteiger partial charge is 0.132 e. The van der Waals surface area contributed by atoms with E-state index in [0.717, 1.165) is 50.7 Å². The molecule has 1 atom stereocenters. The Labute approximate surface area is 168 Å². The normalized spacial score (nSPS) is 20.8. The highest BCUT2D eigenvalue weighted by molar-refractivity contribution is 5.43. The molecule has 0 saturated carbocycles. The van der Waals surface area contributed by atoms with Gasteiger partial charge in [0.25, 0.3) is 0 Å². The van der Waals surface area contributed by atoms with E-state index in [2.05, 4.69) is 49.0 Å². The Kier molecular flexibility index (Phi) is 5.65. The van der Waals surface area contributed by atoms with E-state index < -0.39 is 0 Å². The second kappa shape index (κ2) is 8.18. The van der Waals surface area contributed by atoms with Crippen molar-refractivity contribution in [1.29, 1.82) is 0 Å². The van der Waals surface area contributed by atoms with E-state index in [-0.39, 0.29) is 0 Å². The maximum Gasteiger partial charge on any atom is 0.132 e. The van der Waals surface area contributed by atoms with Gasteiger partial charge in [-0.1, -0.05) is 6.07 Å². The Bertz CT molecular complexity index is 851. The molecule has 0 N–H and O–H groups in total. The zero-order valence-corrected chi connectivity index (χ0v) is 17.7. The monoisotopic (exact) mass is 380 g/mol. The Balaban J connectivity index is 1.47. The topological polar surface area (TPSA) is 41.5 Å². The molecule has 0 spiro atoms. The van der Waals surface area contributed by atoms with Crippen molar-refractivity contribution in [2.24, 2.45) is 0 Å². The van der Waals surface area contributed by atoms with Gasteiger partial charge < -0.3 is 9.64 Å². The molecular weight excluding hydrogens is 348 g/mol. The minimum absolute atomic E-state index is 0.443. The summed E-state index contributed by atoms with van der Waals surface area (Å²) in [7, 11) is 3.91. The summed E-state index contributed by atoms with van der Waals surface area (Å²) in [6.45, 7) is 9.61. The Morgan fingerprint density at radius 1 is 1.18 bits per heavy atom. The van der Waals surface area contributed by atoms with Crippen molar-refractivity contribution in [3.63, 3.8) is 0 Å². The predicted molar refractivity (Wildman–Crippen MR) is 112 cm³/mol. The molecule has 0 aliphatic carbocycles. The van der Waals surface area contributed by atoms with Crippen LogP contribution < -0.4 is 4.74 Å². The van der Waals surface area contributed by atoms with Crippen LogP contribution in [0.2, 0.25) is 0 Å². The molecule has 1 saturated heterocycles. The first kappa shape index (κ1) is 19.3. The van der Waals surface area contributed by atoms with Crippen molar-refractivity contribution in [2.45, 2.75) is 52.1 Å². The SMILES string of the molecule is COc1ccc(CN2CCC[C@H](c3ncc4c(n3)CCN(C)C4)C2)c(C)c1C. The highest BCUT2D eigenvalue weighted by Gasteiger charge is 2.25. The van der Waals surface area contributed by atoms with Crippen LogP contribution in [-0.2, 0) is 19.5 Å². The lowest BCUT2D eigenvalue weighted by molar-refractivity contribution is 0.195. The molecule has 1 fully saturated rings. The third-order valence-electron chi connectivity index (χ3n) is 6.48. The lowest BCUT2D eigenvalue weighted by Gasteiger charge is -2.33. The van der Waals surface area contributed by atoms with E-state index >= 15 is 0 Å². The Morgan fingerprint density at radius 3 is 2.86 bits per heavy atom. The molecule has 0 bridgehead atoms. The van der Waals surface area contributed by atoms with E-state index in [9.17, 15) is 0 Å². The summed E-state index contributed by atoms with van der Waals surface area (Å²) in [5.41, 5.74) is 6.55. The quantitative estimate of drug-likeness (QED) is 0.812. The molecule has 150 valence electrons. The van der Waals surface area contributed by atoms with Gasteiger partial charge in [-0.2, -0.15) is 0 Å². The highest BCUT2D eigenvalue weighted by atomic mass is 16.5. The third-order valence-corrected chi connectivity index (χ3v) is 6.48. The number of fused-ring (bicyclic) bond motifs is 1. The van der Waals surface area contributed by atoms with Crippen LogP contribution in [0, 0.1) is 13.8 Å². The second-order valence-corrected chi connectivity index (χ2v) is 8.44. The van der Waals surface area contributed by atoms with Crippen molar-refractivity contribution in [1.82, 2.24) is 19.8 Å². The van der Waals surface area contributed by atoms with Gasteiger partial charge in [0, 0.05) is 56.0 Å². The zero-order valence-electron chi connectivity index (χ0n) is 17.7. The molecule has 2 aliphatic rings. The predicted octanol–water partition coefficient (Wildman–Crippen LogP) is 3.47. The van der Waals surface area contributed by atoms with Crippen LogP contribution in [0.3, 0.4) is 0 Å². The van der Waals surface area contributed by atoms with Crippen molar-refractivity contribution in [3.05, 3.63) is 52.1 Å². The number of hydrogen-bond acceptors (Lipinski definition) is 5. The summed E-state index contributed by atoms with van der Waals surface area (Å²) in [6, 6.07) is 4.32. The maximum atomic E-state index is 5.46. The molecule has 4 rings (SSSR count). The van der Waals surface area contributed by atoms with Crippen LogP contribution in [-0.4, -0.2) is 53.6 Å². The van der Waals surface area contributed by atoms with E-state index in [4.69, 9.17) is 14.7 Å². The number of hydrogen-bond donors (Lipinski definition) is 0. The summed E-state index contributed by atoms with van der Waals surface area (Å²) < 4.78 is 5.46. The van der Waals surface area contributed by atoms with Gasteiger partial charge in [0.05, 0.1) is 7.11 Å². The molecule has 1 aromatic heterocycles. The molecule has 0 radical (unpaired) electrons. The fourth-order valence-corrected chi connectivity index (χ4v) is 4.56. The van der Waals surface area contributed by atoms with Gasteiger partial charge in [-0.15, -0.1) is 0 Å². The lowest BCUT2D eigenvalue weighted by atomic mass is 9.95. The highest BCUT2D eigenvalue weighted by Crippen LogP contribution is 2.29. The van der Waals surface area contributed by atoms with Gasteiger partial charge in [-0.3, -0.25) is 4.90 Å². The minimum Gasteiger partial charge on any atom is -0.496 e. The molecule has 28 heavy (non-hydrogen) atoms. The number of nitrogens with zero attached hydrogens (tertiary/aromatic N) is 4. The van der Waals surface area contributed by atoms with Crippen molar-refractivity contribution in [2.75, 3.05) is 33.8 Å². The van der Waals surface area contributed by atoms with Gasteiger partial charge in [-0.05, 0) is 63.0 Å². The number of rotatable bonds is 4. The largest absolute Gasteiger partial charge is 0.496 e. The van der Waals surface area contributed by atoms with Crippen LogP contribution >= 0.6 is 0 Å². The average molecular weight is 381 g/mol. The first-order chi connectivity index (χ1) is 13.5. The van der Waals surface area contributed by atoms with Gasteiger partial charge in [0.15, 0.2) is 0 Å². The number of piperidine rings is 1. The molecule has 2 aromatic rings. The number of likely N-dealkylation sites (N-methyl/N-ethyl adjacent to an activating group) is 1. The molecule has 0 amide bonds. The summed E-state index contributed by atoms with van der Waals surface area (Å²) in [5, 5.41) is 0. The lowest BCUT2D eigenvalue weighted by Crippen LogP contribution is -2.35. The molecule has 5 nitrogen and oxygen atoms in total. The molecular formula is C23H32N4O. The summed E-state index contributed by atoms with van der Waals surface area (Å²) >= 11 is 0. The molecule has 0 unspecified atom stereocenters. The summed E-state index contributed by atoms with van der Waals surface area (Å²) in [5.74, 6) is 2.47. The first-order valence-corrected chi connectivity index (χ1v) is 10.4. The number of likely N-dealkylation sites (tertiary alicyclic amines) is 1. The van der Waals surface area contributed by atoms with E-state index in [1.54, 1.807) is 7.11 Å². The maximum absolute atomic E-state index is 5.46. The van der Waals surface area contributed by atoms with E-state index in [1.807, 2.05) is 0 Å². The third kappa shape index (κ3) is 3.91. The van der Waals surface area contributed by atoms with Crippen LogP contribution in [0.4, 0.5) is 0 Å². The fraction of sp³-hybridized carbons (Fsp3) is 0.565. The summed E-state index contributed by atoms with van der Waals surface area (Å²) in [6.07, 6.45) is 5.52. The van der Waals surface area contributed by atoms with Crippen molar-refractivity contribution < 1.29 is 4.74 Å². The molecule has 1 aromatic carbocycles. The van der Waals surface area contributed by atoms with E-state index in [0.29, 0.717) is 5.92 Å². The van der Waals surface area contributed by atoms with Crippen LogP contribution in [0.25, 0.3) is 0 Å². The summed E-state index contributed by atoms with van der Waals surface area (Å²) in [4.78, 5) is 14.7. The van der Waals surface area contributed by atoms with E-state index in [1.165, 1.54) is 40.8 Å². The average Bonchev–Trinajstić information content (AvgIpc) is 2.71. The number of benzene rings is 1. The minimum atomic E-state index is 0.443. The zero-order chi connectivity index (χ0) is 19.7. The number of aromatic nitrogens is 2. The van der Waals surface area contributed by atoms with Crippen LogP contribution in [0.1, 0.15) is 52.5 Å². The van der Waals surface area contributed by atoms with Crippen LogP contribution in [0.5, 0.6) is 5.75 Å². The molecule has 5 heteroatoms. The van der Waals surface area contributed by atoms with Gasteiger partial charge in [-0.25, -0.2) is 9.97 Å². The van der Waals surface area contributed by atoms with Crippen molar-refractivity contribution in [3.8, 4) is 5.75 Å². The van der Waals surface area contributed by atoms with Gasteiger partial charge in [0.1, 0.15) is 11.6 Å². The Hall–Kier alpha value is -1.98. The number of ether oxygens (including phenoxy) is 1. The number of methoxy groups -OCH3 is 1. The Morgan fingerprint density at radius 2 is 2.04 bits per heavy atom. The van der Waals surface area contributed by atoms with Gasteiger partial charge in [0.2, 0.25) is 0 Å². The standard InChI is InChI=1S/C23H32N4O/c1-16-17(2)22(28-4)8-7-18(16)14-27-10-5-6-19(15-27)23-24-12-20-13-26(3)11-9-21(20)25-23/h7-8,12,19H,5-6,9-11,13-15H2,1-4H3/t19-/m0/s1. The van der Waals surface area contributed by atoms with Gasteiger partial charge >= 0.3 is 0 Å². The fourth-order valence-electron chi connectivity index (χ4n) is 4.56. The molecule has 2 aliphatic heterocycles. The van der Waals surface area contributed by atoms with Crippen molar-refractivity contribution >= 4 is 0 Å². The van der Waals surface area contributed by atoms with Crippen LogP contribution in [0.15, 0.2) is 18.3 Å². The molecule has 3 heterocycles.